The minimum atomic E-state index is -0.395. The molecule has 28 heavy (non-hydrogen) atoms. The molecule has 9 heteroatoms. The number of nitrogen functional groups attached to an aromatic ring is 1. The zero-order chi connectivity index (χ0) is 19.4. The van der Waals surface area contributed by atoms with Gasteiger partial charge in [-0.25, -0.2) is 9.37 Å². The van der Waals surface area contributed by atoms with Crippen molar-refractivity contribution in [2.75, 3.05) is 11.1 Å². The number of nitrogens with one attached hydrogen (secondary N) is 1. The van der Waals surface area contributed by atoms with Crippen molar-refractivity contribution in [3.63, 3.8) is 0 Å². The third-order valence-electron chi connectivity index (χ3n) is 4.76. The number of rotatable bonds is 4. The number of phenolic OH excluding ortho intramolecular Hbond substituents is 2. The van der Waals surface area contributed by atoms with E-state index in [0.29, 0.717) is 39.7 Å². The second-order valence-corrected chi connectivity index (χ2v) is 7.00. The molecular weight excluding hydrogens is 363 g/mol. The number of nitrogens with two attached hydrogens (primary N) is 1. The van der Waals surface area contributed by atoms with Gasteiger partial charge in [-0.15, -0.1) is 5.10 Å². The van der Waals surface area contributed by atoms with Crippen LogP contribution < -0.4 is 11.1 Å². The first-order chi connectivity index (χ1) is 13.5. The van der Waals surface area contributed by atoms with E-state index in [1.165, 1.54) is 28.8 Å². The Morgan fingerprint density at radius 2 is 1.96 bits per heavy atom. The van der Waals surface area contributed by atoms with Crippen LogP contribution >= 0.6 is 0 Å². The number of hydrogen-bond acceptors (Lipinski definition) is 7. The molecule has 0 unspecified atom stereocenters. The molecule has 1 fully saturated rings. The summed E-state index contributed by atoms with van der Waals surface area (Å²) in [7, 11) is 0. The molecule has 0 saturated heterocycles. The molecule has 8 nitrogen and oxygen atoms in total. The van der Waals surface area contributed by atoms with Crippen molar-refractivity contribution in [2.45, 2.75) is 25.3 Å². The van der Waals surface area contributed by atoms with E-state index < -0.39 is 5.82 Å². The molecule has 0 amide bonds. The van der Waals surface area contributed by atoms with Crippen molar-refractivity contribution in [1.82, 2.24) is 19.6 Å². The van der Waals surface area contributed by atoms with E-state index in [2.05, 4.69) is 20.4 Å². The lowest BCUT2D eigenvalue weighted by molar-refractivity contribution is 0.403. The number of halogens is 1. The number of benzene rings is 2. The second kappa shape index (κ2) is 5.95. The lowest BCUT2D eigenvalue weighted by Gasteiger charge is -2.12. The summed E-state index contributed by atoms with van der Waals surface area (Å²) in [6, 6.07) is 7.62. The van der Waals surface area contributed by atoms with Gasteiger partial charge in [0.1, 0.15) is 11.6 Å². The maximum absolute atomic E-state index is 14.2. The monoisotopic (exact) mass is 380 g/mol. The van der Waals surface area contributed by atoms with Gasteiger partial charge in [0.15, 0.2) is 17.1 Å². The number of aromatic hydroxyl groups is 2. The summed E-state index contributed by atoms with van der Waals surface area (Å²) in [5, 5.41) is 27.5. The van der Waals surface area contributed by atoms with Crippen LogP contribution in [-0.2, 0) is 6.42 Å². The van der Waals surface area contributed by atoms with E-state index in [1.54, 1.807) is 6.07 Å². The number of hydrogen-bond donors (Lipinski definition) is 4. The summed E-state index contributed by atoms with van der Waals surface area (Å²) in [6.07, 6.45) is 2.36. The Morgan fingerprint density at radius 3 is 2.71 bits per heavy atom. The highest BCUT2D eigenvalue weighted by Crippen LogP contribution is 2.33. The van der Waals surface area contributed by atoms with Gasteiger partial charge in [-0.3, -0.25) is 0 Å². The van der Waals surface area contributed by atoms with Gasteiger partial charge in [-0.1, -0.05) is 6.07 Å². The topological polar surface area (TPSA) is 122 Å². The van der Waals surface area contributed by atoms with Gasteiger partial charge in [0, 0.05) is 18.5 Å². The third-order valence-corrected chi connectivity index (χ3v) is 4.76. The number of aromatic nitrogens is 4. The average Bonchev–Trinajstić information content (AvgIpc) is 3.36. The fourth-order valence-corrected chi connectivity index (χ4v) is 3.31. The Labute approximate surface area is 158 Å². The van der Waals surface area contributed by atoms with Crippen molar-refractivity contribution in [2.24, 2.45) is 0 Å². The number of fused-ring (bicyclic) bond motifs is 3. The Kier molecular flexibility index (Phi) is 3.51. The van der Waals surface area contributed by atoms with Crippen LogP contribution in [0.15, 0.2) is 30.3 Å². The minimum Gasteiger partial charge on any atom is -0.504 e. The molecule has 1 aliphatic rings. The molecule has 5 rings (SSSR count). The van der Waals surface area contributed by atoms with Crippen molar-refractivity contribution in [1.29, 1.82) is 0 Å². The van der Waals surface area contributed by atoms with Crippen molar-refractivity contribution >= 4 is 28.2 Å². The van der Waals surface area contributed by atoms with E-state index in [9.17, 15) is 14.6 Å². The van der Waals surface area contributed by atoms with Gasteiger partial charge in [0.2, 0.25) is 5.95 Å². The van der Waals surface area contributed by atoms with Crippen LogP contribution in [0.25, 0.3) is 16.6 Å². The highest BCUT2D eigenvalue weighted by molar-refractivity contribution is 6.02. The predicted octanol–water partition coefficient (Wildman–Crippen LogP) is 2.58. The fourth-order valence-electron chi connectivity index (χ4n) is 3.31. The molecule has 2 aromatic carbocycles. The maximum Gasteiger partial charge on any atom is 0.240 e. The maximum atomic E-state index is 14.2. The average molecular weight is 380 g/mol. The molecule has 0 radical (unpaired) electrons. The highest BCUT2D eigenvalue weighted by Gasteiger charge is 2.24. The molecule has 142 valence electrons. The van der Waals surface area contributed by atoms with Gasteiger partial charge in [-0.2, -0.15) is 9.50 Å². The van der Waals surface area contributed by atoms with Gasteiger partial charge in [0.05, 0.1) is 16.6 Å². The largest absolute Gasteiger partial charge is 0.504 e. The summed E-state index contributed by atoms with van der Waals surface area (Å²) < 4.78 is 15.8. The molecule has 2 aromatic heterocycles. The smallest absolute Gasteiger partial charge is 0.240 e. The molecule has 0 bridgehead atoms. The zero-order valence-electron chi connectivity index (χ0n) is 14.7. The summed E-state index contributed by atoms with van der Waals surface area (Å²) in [5.74, 6) is -0.253. The lowest BCUT2D eigenvalue weighted by Crippen LogP contribution is -2.08. The first-order valence-electron chi connectivity index (χ1n) is 8.90. The van der Waals surface area contributed by atoms with Crippen LogP contribution in [0.1, 0.15) is 24.2 Å². The fraction of sp³-hybridized carbons (Fsp3) is 0.211. The molecule has 0 aliphatic heterocycles. The summed E-state index contributed by atoms with van der Waals surface area (Å²) in [6.45, 7) is 0. The Hall–Kier alpha value is -3.62. The molecule has 4 aromatic rings. The molecule has 0 spiro atoms. The van der Waals surface area contributed by atoms with Crippen molar-refractivity contribution < 1.29 is 14.6 Å². The highest BCUT2D eigenvalue weighted by atomic mass is 19.1. The Morgan fingerprint density at radius 1 is 1.14 bits per heavy atom. The SMILES string of the molecule is Nc1nc2c3c(NC4CC4)cc(F)cc3nc(Cc3ccc(O)c(O)c3)n2n1. The van der Waals surface area contributed by atoms with Gasteiger partial charge < -0.3 is 21.3 Å². The van der Waals surface area contributed by atoms with Crippen molar-refractivity contribution in [3.05, 3.63) is 47.5 Å². The van der Waals surface area contributed by atoms with Gasteiger partial charge in [0.25, 0.3) is 0 Å². The van der Waals surface area contributed by atoms with E-state index in [-0.39, 0.29) is 23.9 Å². The van der Waals surface area contributed by atoms with Crippen LogP contribution in [0.3, 0.4) is 0 Å². The van der Waals surface area contributed by atoms with Crippen LogP contribution in [0.4, 0.5) is 16.0 Å². The summed E-state index contributed by atoms with van der Waals surface area (Å²) >= 11 is 0. The van der Waals surface area contributed by atoms with Crippen LogP contribution in [-0.4, -0.2) is 35.8 Å². The van der Waals surface area contributed by atoms with Gasteiger partial charge in [-0.05, 0) is 36.6 Å². The number of anilines is 2. The van der Waals surface area contributed by atoms with Crippen molar-refractivity contribution in [3.8, 4) is 11.5 Å². The Balaban J connectivity index is 1.71. The first kappa shape index (κ1) is 16.5. The van der Waals surface area contributed by atoms with E-state index in [4.69, 9.17) is 5.73 Å². The molecule has 1 aliphatic carbocycles. The molecular formula is C19H17FN6O2. The second-order valence-electron chi connectivity index (χ2n) is 7.00. The first-order valence-corrected chi connectivity index (χ1v) is 8.90. The standard InChI is InChI=1S/C19H17FN6O2/c20-10-7-12(22-11-2-3-11)17-13(8-10)23-16(26-18(17)24-19(21)25-26)6-9-1-4-14(27)15(28)5-9/h1,4-5,7-8,11,22,27-28H,2-3,6H2,(H2,21,25). The zero-order valence-corrected chi connectivity index (χ0v) is 14.7. The predicted molar refractivity (Wildman–Crippen MR) is 102 cm³/mol. The van der Waals surface area contributed by atoms with Gasteiger partial charge >= 0.3 is 0 Å². The number of phenols is 2. The normalized spacial score (nSPS) is 14.0. The molecule has 2 heterocycles. The van der Waals surface area contributed by atoms with Crippen LogP contribution in [0, 0.1) is 5.82 Å². The minimum absolute atomic E-state index is 0.0887. The summed E-state index contributed by atoms with van der Waals surface area (Å²) in [5.41, 5.74) is 8.10. The summed E-state index contributed by atoms with van der Waals surface area (Å²) in [4.78, 5) is 8.93. The van der Waals surface area contributed by atoms with Crippen LogP contribution in [0.2, 0.25) is 0 Å². The van der Waals surface area contributed by atoms with E-state index >= 15 is 0 Å². The molecule has 0 atom stereocenters. The van der Waals surface area contributed by atoms with E-state index in [0.717, 1.165) is 12.8 Å². The van der Waals surface area contributed by atoms with Crippen LogP contribution in [0.5, 0.6) is 11.5 Å². The third kappa shape index (κ3) is 2.81. The quantitative estimate of drug-likeness (QED) is 0.401. The van der Waals surface area contributed by atoms with E-state index in [1.807, 2.05) is 0 Å². The molecule has 1 saturated carbocycles. The number of nitrogens with zero attached hydrogens (tertiary/aromatic N) is 4. The molecule has 5 N–H and O–H groups in total. The Bertz CT molecular complexity index is 1230. The lowest BCUT2D eigenvalue weighted by atomic mass is 10.1.